The van der Waals surface area contributed by atoms with Crippen LogP contribution in [0.1, 0.15) is 17.7 Å². The number of hydrogen-bond acceptors (Lipinski definition) is 3. The molecule has 0 saturated carbocycles. The van der Waals surface area contributed by atoms with Crippen LogP contribution in [0, 0.1) is 6.92 Å². The number of aromatic nitrogens is 2. The van der Waals surface area contributed by atoms with Gasteiger partial charge < -0.3 is 10.5 Å². The van der Waals surface area contributed by atoms with Crippen LogP contribution in [0.25, 0.3) is 0 Å². The number of nitrogens with two attached hydrogens (primary N) is 1. The topological polar surface area (TPSA) is 53.1 Å². The summed E-state index contributed by atoms with van der Waals surface area (Å²) in [5, 5.41) is 4.20. The summed E-state index contributed by atoms with van der Waals surface area (Å²) in [6.07, 6.45) is 0.939. The van der Waals surface area contributed by atoms with Gasteiger partial charge in [-0.05, 0) is 18.9 Å². The van der Waals surface area contributed by atoms with Gasteiger partial charge in [0.15, 0.2) is 0 Å². The molecule has 2 aromatic rings. The third kappa shape index (κ3) is 3.60. The van der Waals surface area contributed by atoms with Crippen LogP contribution in [-0.4, -0.2) is 16.4 Å². The first-order valence-electron chi connectivity index (χ1n) is 6.17. The fourth-order valence-electron chi connectivity index (χ4n) is 1.84. The van der Waals surface area contributed by atoms with E-state index in [1.54, 1.807) is 0 Å². The molecular formula is C14H19N3O. The van der Waals surface area contributed by atoms with Crippen molar-refractivity contribution in [1.82, 2.24) is 9.78 Å². The van der Waals surface area contributed by atoms with Crippen molar-refractivity contribution in [3.8, 4) is 0 Å². The first-order chi connectivity index (χ1) is 8.75. The summed E-state index contributed by atoms with van der Waals surface area (Å²) in [5.41, 5.74) is 7.92. The molecule has 2 N–H and O–H groups in total. The van der Waals surface area contributed by atoms with Crippen molar-refractivity contribution < 1.29 is 4.74 Å². The summed E-state index contributed by atoms with van der Waals surface area (Å²) in [6.45, 7) is 4.25. The molecule has 0 fully saturated rings. The first kappa shape index (κ1) is 12.6. The van der Waals surface area contributed by atoms with Gasteiger partial charge in [0.05, 0.1) is 6.61 Å². The molecular weight excluding hydrogens is 226 g/mol. The van der Waals surface area contributed by atoms with Crippen LogP contribution in [0.3, 0.4) is 0 Å². The Bertz CT molecular complexity index is 479. The van der Waals surface area contributed by atoms with E-state index in [-0.39, 0.29) is 0 Å². The molecule has 0 amide bonds. The molecule has 0 aliphatic carbocycles. The Labute approximate surface area is 107 Å². The van der Waals surface area contributed by atoms with Gasteiger partial charge in [0, 0.05) is 24.9 Å². The highest BCUT2D eigenvalue weighted by Crippen LogP contribution is 2.05. The zero-order valence-corrected chi connectivity index (χ0v) is 10.7. The van der Waals surface area contributed by atoms with Gasteiger partial charge in [0.2, 0.25) is 0 Å². The summed E-state index contributed by atoms with van der Waals surface area (Å²) in [6, 6.07) is 12.1. The van der Waals surface area contributed by atoms with Crippen molar-refractivity contribution in [3.63, 3.8) is 0 Å². The monoisotopic (exact) mass is 245 g/mol. The highest BCUT2D eigenvalue weighted by molar-refractivity contribution is 5.28. The van der Waals surface area contributed by atoms with Crippen LogP contribution >= 0.6 is 0 Å². The van der Waals surface area contributed by atoms with Crippen LogP contribution in [-0.2, 0) is 17.9 Å². The Morgan fingerprint density at radius 1 is 1.28 bits per heavy atom. The SMILES string of the molecule is Cc1cc(N)nn1CCCOCc1ccccc1. The van der Waals surface area contributed by atoms with Gasteiger partial charge in [-0.25, -0.2) is 0 Å². The minimum atomic E-state index is 0.581. The third-order valence-corrected chi connectivity index (χ3v) is 2.77. The molecule has 0 unspecified atom stereocenters. The van der Waals surface area contributed by atoms with Crippen LogP contribution in [0.15, 0.2) is 36.4 Å². The number of aryl methyl sites for hydroxylation is 2. The maximum absolute atomic E-state index is 5.62. The van der Waals surface area contributed by atoms with Crippen LogP contribution < -0.4 is 5.73 Å². The Kier molecular flexibility index (Phi) is 4.36. The Morgan fingerprint density at radius 3 is 2.72 bits per heavy atom. The number of nitrogens with zero attached hydrogens (tertiary/aromatic N) is 2. The van der Waals surface area contributed by atoms with E-state index in [0.717, 1.165) is 25.3 Å². The normalized spacial score (nSPS) is 10.7. The molecule has 0 saturated heterocycles. The van der Waals surface area contributed by atoms with Crippen LogP contribution in [0.4, 0.5) is 5.82 Å². The molecule has 0 bridgehead atoms. The fourth-order valence-corrected chi connectivity index (χ4v) is 1.84. The molecule has 1 aromatic heterocycles. The fraction of sp³-hybridized carbons (Fsp3) is 0.357. The molecule has 0 aliphatic heterocycles. The summed E-state index contributed by atoms with van der Waals surface area (Å²) in [4.78, 5) is 0. The average molecular weight is 245 g/mol. The third-order valence-electron chi connectivity index (χ3n) is 2.77. The quantitative estimate of drug-likeness (QED) is 0.795. The zero-order chi connectivity index (χ0) is 12.8. The predicted molar refractivity (Wildman–Crippen MR) is 72.1 cm³/mol. The van der Waals surface area contributed by atoms with E-state index >= 15 is 0 Å². The van der Waals surface area contributed by atoms with Gasteiger partial charge >= 0.3 is 0 Å². The molecule has 4 heteroatoms. The average Bonchev–Trinajstić information content (AvgIpc) is 2.69. The van der Waals surface area contributed by atoms with Crippen molar-refractivity contribution in [2.24, 2.45) is 0 Å². The van der Waals surface area contributed by atoms with E-state index in [1.165, 1.54) is 5.56 Å². The molecule has 4 nitrogen and oxygen atoms in total. The van der Waals surface area contributed by atoms with Gasteiger partial charge in [-0.1, -0.05) is 30.3 Å². The van der Waals surface area contributed by atoms with Gasteiger partial charge in [0.25, 0.3) is 0 Å². The Balaban J connectivity index is 1.66. The molecule has 1 heterocycles. The number of nitrogen functional groups attached to an aromatic ring is 1. The number of rotatable bonds is 6. The van der Waals surface area contributed by atoms with E-state index in [2.05, 4.69) is 17.2 Å². The summed E-state index contributed by atoms with van der Waals surface area (Å²) in [5.74, 6) is 0.581. The zero-order valence-electron chi connectivity index (χ0n) is 10.7. The van der Waals surface area contributed by atoms with Gasteiger partial charge in [0.1, 0.15) is 5.82 Å². The standard InChI is InChI=1S/C14H19N3O/c1-12-10-14(15)16-17(12)8-5-9-18-11-13-6-3-2-4-7-13/h2-4,6-7,10H,5,8-9,11H2,1H3,(H2,15,16). The second-order valence-electron chi connectivity index (χ2n) is 4.33. The van der Waals surface area contributed by atoms with Crippen molar-refractivity contribution in [2.45, 2.75) is 26.5 Å². The predicted octanol–water partition coefficient (Wildman–Crippen LogP) is 2.38. The van der Waals surface area contributed by atoms with E-state index in [4.69, 9.17) is 10.5 Å². The van der Waals surface area contributed by atoms with E-state index < -0.39 is 0 Å². The molecule has 0 aliphatic rings. The van der Waals surface area contributed by atoms with E-state index in [9.17, 15) is 0 Å². The number of benzene rings is 1. The second kappa shape index (κ2) is 6.21. The Hall–Kier alpha value is -1.81. The molecule has 18 heavy (non-hydrogen) atoms. The minimum Gasteiger partial charge on any atom is -0.382 e. The lowest BCUT2D eigenvalue weighted by Crippen LogP contribution is -2.06. The van der Waals surface area contributed by atoms with Crippen molar-refractivity contribution in [1.29, 1.82) is 0 Å². The van der Waals surface area contributed by atoms with Crippen molar-refractivity contribution in [3.05, 3.63) is 47.7 Å². The largest absolute Gasteiger partial charge is 0.382 e. The lowest BCUT2D eigenvalue weighted by Gasteiger charge is -2.06. The highest BCUT2D eigenvalue weighted by Gasteiger charge is 2.00. The van der Waals surface area contributed by atoms with E-state index in [0.29, 0.717) is 12.4 Å². The summed E-state index contributed by atoms with van der Waals surface area (Å²) < 4.78 is 7.53. The summed E-state index contributed by atoms with van der Waals surface area (Å²) >= 11 is 0. The smallest absolute Gasteiger partial charge is 0.145 e. The Morgan fingerprint density at radius 2 is 2.06 bits per heavy atom. The number of anilines is 1. The van der Waals surface area contributed by atoms with Crippen molar-refractivity contribution >= 4 is 5.82 Å². The second-order valence-corrected chi connectivity index (χ2v) is 4.33. The van der Waals surface area contributed by atoms with E-state index in [1.807, 2.05) is 35.9 Å². The van der Waals surface area contributed by atoms with Gasteiger partial charge in [-0.15, -0.1) is 0 Å². The molecule has 96 valence electrons. The van der Waals surface area contributed by atoms with Gasteiger partial charge in [-0.3, -0.25) is 4.68 Å². The van der Waals surface area contributed by atoms with Crippen LogP contribution in [0.5, 0.6) is 0 Å². The number of hydrogen-bond donors (Lipinski definition) is 1. The minimum absolute atomic E-state index is 0.581. The number of ether oxygens (including phenoxy) is 1. The van der Waals surface area contributed by atoms with Crippen LogP contribution in [0.2, 0.25) is 0 Å². The van der Waals surface area contributed by atoms with Gasteiger partial charge in [-0.2, -0.15) is 5.10 Å². The molecule has 0 atom stereocenters. The molecule has 2 rings (SSSR count). The maximum Gasteiger partial charge on any atom is 0.145 e. The molecule has 0 radical (unpaired) electrons. The first-order valence-corrected chi connectivity index (χ1v) is 6.17. The molecule has 0 spiro atoms. The van der Waals surface area contributed by atoms with Crippen molar-refractivity contribution in [2.75, 3.05) is 12.3 Å². The summed E-state index contributed by atoms with van der Waals surface area (Å²) in [7, 11) is 0. The highest BCUT2D eigenvalue weighted by atomic mass is 16.5. The maximum atomic E-state index is 5.62. The lowest BCUT2D eigenvalue weighted by molar-refractivity contribution is 0.115. The molecule has 1 aromatic carbocycles. The lowest BCUT2D eigenvalue weighted by atomic mass is 10.2.